The third kappa shape index (κ3) is 3.94. The lowest BCUT2D eigenvalue weighted by molar-refractivity contribution is 0.191. The summed E-state index contributed by atoms with van der Waals surface area (Å²) in [4.78, 5) is 32.6. The van der Waals surface area contributed by atoms with E-state index < -0.39 is 11.2 Å². The Morgan fingerprint density at radius 2 is 1.77 bits per heavy atom. The molecular weight excluding hydrogens is 404 g/mol. The third-order valence-corrected chi connectivity index (χ3v) is 5.15. The van der Waals surface area contributed by atoms with Gasteiger partial charge in [0.05, 0.1) is 6.54 Å². The van der Waals surface area contributed by atoms with Gasteiger partial charge in [-0.1, -0.05) is 41.9 Å². The number of methoxy groups -OCH3 is 1. The molecule has 0 atom stereocenters. The fraction of sp³-hybridized carbons (Fsp3) is 0.227. The minimum absolute atomic E-state index is 0.308. The molecule has 2 aromatic carbocycles. The average molecular weight is 425 g/mol. The molecule has 154 valence electrons. The lowest BCUT2D eigenvalue weighted by Crippen LogP contribution is -2.31. The van der Waals surface area contributed by atoms with Gasteiger partial charge in [-0.15, -0.1) is 0 Å². The van der Waals surface area contributed by atoms with E-state index in [1.807, 2.05) is 47.0 Å². The van der Waals surface area contributed by atoms with Gasteiger partial charge >= 0.3 is 5.69 Å². The fourth-order valence-corrected chi connectivity index (χ4v) is 3.62. The highest BCUT2D eigenvalue weighted by molar-refractivity contribution is 6.30. The van der Waals surface area contributed by atoms with Crippen molar-refractivity contribution in [3.8, 4) is 11.4 Å². The monoisotopic (exact) mass is 424 g/mol. The van der Waals surface area contributed by atoms with Crippen LogP contribution >= 0.6 is 11.6 Å². The highest BCUT2D eigenvalue weighted by Gasteiger charge is 2.19. The summed E-state index contributed by atoms with van der Waals surface area (Å²) in [6.45, 7) is 1.37. The molecule has 0 unspecified atom stereocenters. The van der Waals surface area contributed by atoms with Crippen molar-refractivity contribution in [2.45, 2.75) is 19.5 Å². The van der Waals surface area contributed by atoms with Gasteiger partial charge in [-0.2, -0.15) is 0 Å². The standard InChI is InChI=1S/C22H21ClN4O3/c1-30-13-5-12-26-18-20(24-19(26)16-8-10-17(23)11-9-16)27(22(29)25-21(18)28)14-15-6-3-2-4-7-15/h2-4,6-11H,5,12-14H2,1H3,(H,25,28,29). The SMILES string of the molecule is COCCCn1c(-c2ccc(Cl)cc2)nc2c1c(=O)[nH]c(=O)n2Cc1ccccc1. The average Bonchev–Trinajstić information content (AvgIpc) is 3.12. The van der Waals surface area contributed by atoms with E-state index in [1.165, 1.54) is 4.57 Å². The number of rotatable bonds is 7. The van der Waals surface area contributed by atoms with Crippen LogP contribution in [0.25, 0.3) is 22.6 Å². The van der Waals surface area contributed by atoms with Gasteiger partial charge < -0.3 is 9.30 Å². The number of nitrogens with zero attached hydrogens (tertiary/aromatic N) is 3. The van der Waals surface area contributed by atoms with Gasteiger partial charge in [-0.25, -0.2) is 9.78 Å². The van der Waals surface area contributed by atoms with Gasteiger partial charge in [-0.3, -0.25) is 14.3 Å². The molecule has 7 nitrogen and oxygen atoms in total. The van der Waals surface area contributed by atoms with Crippen LogP contribution in [0.4, 0.5) is 0 Å². The number of aromatic amines is 1. The van der Waals surface area contributed by atoms with Crippen LogP contribution in [0.2, 0.25) is 5.02 Å². The molecule has 0 bridgehead atoms. The van der Waals surface area contributed by atoms with Crippen molar-refractivity contribution in [1.82, 2.24) is 19.1 Å². The van der Waals surface area contributed by atoms with Gasteiger partial charge in [0.2, 0.25) is 0 Å². The maximum absolute atomic E-state index is 12.8. The number of halogens is 1. The Balaban J connectivity index is 1.94. The number of H-pyrrole nitrogens is 1. The molecule has 2 heterocycles. The number of aromatic nitrogens is 4. The lowest BCUT2D eigenvalue weighted by atomic mass is 10.2. The molecule has 1 N–H and O–H groups in total. The van der Waals surface area contributed by atoms with Crippen LogP contribution in [0.5, 0.6) is 0 Å². The van der Waals surface area contributed by atoms with Crippen molar-refractivity contribution in [3.05, 3.63) is 86.0 Å². The van der Waals surface area contributed by atoms with Crippen LogP contribution in [0.15, 0.2) is 64.2 Å². The smallest absolute Gasteiger partial charge is 0.330 e. The quantitative estimate of drug-likeness (QED) is 0.461. The molecule has 0 aliphatic carbocycles. The number of fused-ring (bicyclic) bond motifs is 1. The molecule has 0 aliphatic rings. The first-order valence-electron chi connectivity index (χ1n) is 9.60. The Labute approximate surface area is 177 Å². The summed E-state index contributed by atoms with van der Waals surface area (Å²) in [5.41, 5.74) is 1.53. The second-order valence-electron chi connectivity index (χ2n) is 6.94. The fourth-order valence-electron chi connectivity index (χ4n) is 3.49. The number of ether oxygens (including phenoxy) is 1. The normalized spacial score (nSPS) is 11.3. The highest BCUT2D eigenvalue weighted by atomic mass is 35.5. The lowest BCUT2D eigenvalue weighted by Gasteiger charge is -2.09. The Bertz CT molecular complexity index is 1270. The highest BCUT2D eigenvalue weighted by Crippen LogP contribution is 2.24. The zero-order valence-corrected chi connectivity index (χ0v) is 17.2. The maximum atomic E-state index is 12.8. The molecule has 0 radical (unpaired) electrons. The van der Waals surface area contributed by atoms with Crippen molar-refractivity contribution in [3.63, 3.8) is 0 Å². The molecular formula is C22H21ClN4O3. The van der Waals surface area contributed by atoms with Crippen molar-refractivity contribution in [1.29, 1.82) is 0 Å². The van der Waals surface area contributed by atoms with Gasteiger partial charge in [0.25, 0.3) is 5.56 Å². The summed E-state index contributed by atoms with van der Waals surface area (Å²) in [6.07, 6.45) is 0.694. The number of imidazole rings is 1. The van der Waals surface area contributed by atoms with E-state index in [9.17, 15) is 9.59 Å². The summed E-state index contributed by atoms with van der Waals surface area (Å²) in [5, 5.41) is 0.611. The Morgan fingerprint density at radius 1 is 1.03 bits per heavy atom. The Kier molecular flexibility index (Phi) is 5.83. The number of aryl methyl sites for hydroxylation is 1. The van der Waals surface area contributed by atoms with E-state index in [-0.39, 0.29) is 0 Å². The zero-order chi connectivity index (χ0) is 21.1. The molecule has 0 saturated carbocycles. The van der Waals surface area contributed by atoms with E-state index in [1.54, 1.807) is 19.2 Å². The zero-order valence-electron chi connectivity index (χ0n) is 16.5. The molecule has 8 heteroatoms. The third-order valence-electron chi connectivity index (χ3n) is 4.90. The molecule has 4 aromatic rings. The van der Waals surface area contributed by atoms with Crippen LogP contribution in [0, 0.1) is 0 Å². The van der Waals surface area contributed by atoms with Crippen molar-refractivity contribution in [2.75, 3.05) is 13.7 Å². The molecule has 2 aromatic heterocycles. The predicted molar refractivity (Wildman–Crippen MR) is 117 cm³/mol. The van der Waals surface area contributed by atoms with Gasteiger partial charge in [-0.05, 0) is 36.2 Å². The maximum Gasteiger partial charge on any atom is 0.330 e. The minimum atomic E-state index is -0.486. The van der Waals surface area contributed by atoms with Crippen LogP contribution in [0.3, 0.4) is 0 Å². The molecule has 0 aliphatic heterocycles. The topological polar surface area (TPSA) is 81.9 Å². The number of benzene rings is 2. The summed E-state index contributed by atoms with van der Waals surface area (Å²) in [7, 11) is 1.64. The Morgan fingerprint density at radius 3 is 2.47 bits per heavy atom. The largest absolute Gasteiger partial charge is 0.385 e. The number of hydrogen-bond acceptors (Lipinski definition) is 4. The molecule has 30 heavy (non-hydrogen) atoms. The number of nitrogens with one attached hydrogen (secondary N) is 1. The molecule has 0 amide bonds. The van der Waals surface area contributed by atoms with Crippen molar-refractivity contribution >= 4 is 22.8 Å². The summed E-state index contributed by atoms with van der Waals surface area (Å²) >= 11 is 6.04. The Hall–Kier alpha value is -3.16. The summed E-state index contributed by atoms with van der Waals surface area (Å²) in [5.74, 6) is 0.607. The predicted octanol–water partition coefficient (Wildman–Crippen LogP) is 3.29. The molecule has 4 rings (SSSR count). The molecule has 0 spiro atoms. The van der Waals surface area contributed by atoms with Gasteiger partial charge in [0.15, 0.2) is 11.2 Å². The van der Waals surface area contributed by atoms with Crippen molar-refractivity contribution < 1.29 is 4.74 Å². The first-order chi connectivity index (χ1) is 14.6. The second kappa shape index (κ2) is 8.69. The van der Waals surface area contributed by atoms with E-state index in [2.05, 4.69) is 4.98 Å². The van der Waals surface area contributed by atoms with Crippen molar-refractivity contribution in [2.24, 2.45) is 0 Å². The van der Waals surface area contributed by atoms with Crippen LogP contribution < -0.4 is 11.2 Å². The van der Waals surface area contributed by atoms with E-state index >= 15 is 0 Å². The first-order valence-corrected chi connectivity index (χ1v) is 9.98. The van der Waals surface area contributed by atoms with Gasteiger partial charge in [0, 0.05) is 30.8 Å². The van der Waals surface area contributed by atoms with Crippen LogP contribution in [0.1, 0.15) is 12.0 Å². The second-order valence-corrected chi connectivity index (χ2v) is 7.38. The van der Waals surface area contributed by atoms with Gasteiger partial charge in [0.1, 0.15) is 5.82 Å². The summed E-state index contributed by atoms with van der Waals surface area (Å²) in [6, 6.07) is 16.8. The van der Waals surface area contributed by atoms with Crippen LogP contribution in [-0.4, -0.2) is 32.8 Å². The van der Waals surface area contributed by atoms with E-state index in [0.29, 0.717) is 48.1 Å². The minimum Gasteiger partial charge on any atom is -0.385 e. The summed E-state index contributed by atoms with van der Waals surface area (Å²) < 4.78 is 8.52. The number of hydrogen-bond donors (Lipinski definition) is 1. The first kappa shape index (κ1) is 20.1. The van der Waals surface area contributed by atoms with E-state index in [4.69, 9.17) is 21.3 Å². The molecule has 0 saturated heterocycles. The molecule has 0 fully saturated rings. The van der Waals surface area contributed by atoms with Crippen LogP contribution in [-0.2, 0) is 17.8 Å². The van der Waals surface area contributed by atoms with E-state index in [0.717, 1.165) is 11.1 Å².